The van der Waals surface area contributed by atoms with E-state index in [1.54, 1.807) is 0 Å². The third-order valence-corrected chi connectivity index (χ3v) is 6.87. The highest BCUT2D eigenvalue weighted by Gasteiger charge is 2.17. The molecule has 7 rings (SSSR count). The van der Waals surface area contributed by atoms with E-state index in [2.05, 4.69) is 114 Å². The zero-order valence-corrected chi connectivity index (χ0v) is 18.4. The molecule has 0 amide bonds. The van der Waals surface area contributed by atoms with Crippen LogP contribution in [0.5, 0.6) is 0 Å². The lowest BCUT2D eigenvalue weighted by Crippen LogP contribution is -1.89. The standard InChI is InChI=1S/C31H22N2/c1-2-30-32-28-19-25(18-27-26-9-5-6-10-29(26)33(30)31(27)28)22-13-11-21(12-14-22)24-16-15-20-7-3-4-8-23(20)17-24/h3-19H,2H2,1H3. The number of hydrogen-bond donors (Lipinski definition) is 0. The maximum absolute atomic E-state index is 4.98. The van der Waals surface area contributed by atoms with E-state index in [-0.39, 0.29) is 0 Å². The minimum Gasteiger partial charge on any atom is -0.295 e. The smallest absolute Gasteiger partial charge is 0.114 e. The van der Waals surface area contributed by atoms with E-state index in [0.717, 1.165) is 17.8 Å². The van der Waals surface area contributed by atoms with Crippen molar-refractivity contribution in [1.29, 1.82) is 0 Å². The van der Waals surface area contributed by atoms with Crippen LogP contribution in [0.3, 0.4) is 0 Å². The Kier molecular flexibility index (Phi) is 3.86. The first-order chi connectivity index (χ1) is 16.3. The largest absolute Gasteiger partial charge is 0.295 e. The van der Waals surface area contributed by atoms with Crippen molar-refractivity contribution in [2.45, 2.75) is 13.3 Å². The van der Waals surface area contributed by atoms with Crippen LogP contribution in [0.2, 0.25) is 0 Å². The molecule has 0 aliphatic rings. The van der Waals surface area contributed by atoms with Gasteiger partial charge in [0.1, 0.15) is 5.82 Å². The number of imidazole rings is 1. The highest BCUT2D eigenvalue weighted by atomic mass is 15.0. The van der Waals surface area contributed by atoms with E-state index in [1.807, 2.05) is 0 Å². The van der Waals surface area contributed by atoms with Crippen LogP contribution in [0.4, 0.5) is 0 Å². The van der Waals surface area contributed by atoms with Crippen molar-refractivity contribution >= 4 is 38.1 Å². The molecular weight excluding hydrogens is 400 g/mol. The fourth-order valence-corrected chi connectivity index (χ4v) is 5.25. The molecular formula is C31H22N2. The van der Waals surface area contributed by atoms with Gasteiger partial charge in [-0.2, -0.15) is 0 Å². The minimum atomic E-state index is 0.915. The average molecular weight is 423 g/mol. The quantitative estimate of drug-likeness (QED) is 0.281. The second kappa shape index (κ2) is 6.91. The highest BCUT2D eigenvalue weighted by Crippen LogP contribution is 2.37. The summed E-state index contributed by atoms with van der Waals surface area (Å²) in [5.41, 5.74) is 8.48. The van der Waals surface area contributed by atoms with E-state index >= 15 is 0 Å². The van der Waals surface area contributed by atoms with Gasteiger partial charge in [-0.1, -0.05) is 85.8 Å². The number of nitrogens with zero attached hydrogens (tertiary/aromatic N) is 2. The van der Waals surface area contributed by atoms with Crippen molar-refractivity contribution in [1.82, 2.24) is 9.38 Å². The molecule has 2 heterocycles. The molecule has 0 saturated carbocycles. The van der Waals surface area contributed by atoms with Gasteiger partial charge < -0.3 is 0 Å². The topological polar surface area (TPSA) is 17.3 Å². The normalized spacial score (nSPS) is 11.9. The molecule has 0 fully saturated rings. The molecule has 2 aromatic heterocycles. The van der Waals surface area contributed by atoms with Crippen molar-refractivity contribution < 1.29 is 0 Å². The fourth-order valence-electron chi connectivity index (χ4n) is 5.25. The van der Waals surface area contributed by atoms with Gasteiger partial charge in [-0.05, 0) is 57.3 Å². The average Bonchev–Trinajstić information content (AvgIpc) is 3.42. The molecule has 5 aromatic carbocycles. The van der Waals surface area contributed by atoms with Crippen LogP contribution in [-0.4, -0.2) is 9.38 Å². The Balaban J connectivity index is 1.37. The first kappa shape index (κ1) is 18.4. The van der Waals surface area contributed by atoms with E-state index < -0.39 is 0 Å². The van der Waals surface area contributed by atoms with Gasteiger partial charge >= 0.3 is 0 Å². The number of hydrogen-bond acceptors (Lipinski definition) is 1. The van der Waals surface area contributed by atoms with Gasteiger partial charge in [-0.15, -0.1) is 0 Å². The first-order valence-corrected chi connectivity index (χ1v) is 11.5. The number of aromatic nitrogens is 2. The van der Waals surface area contributed by atoms with Gasteiger partial charge in [0.25, 0.3) is 0 Å². The maximum Gasteiger partial charge on any atom is 0.114 e. The van der Waals surface area contributed by atoms with Crippen LogP contribution in [0.1, 0.15) is 12.7 Å². The van der Waals surface area contributed by atoms with Crippen LogP contribution in [0.25, 0.3) is 60.3 Å². The lowest BCUT2D eigenvalue weighted by atomic mass is 9.97. The molecule has 0 radical (unpaired) electrons. The number of fused-ring (bicyclic) bond motifs is 4. The zero-order valence-electron chi connectivity index (χ0n) is 18.4. The minimum absolute atomic E-state index is 0.915. The second-order valence-corrected chi connectivity index (χ2v) is 8.76. The van der Waals surface area contributed by atoms with E-state index in [9.17, 15) is 0 Å². The van der Waals surface area contributed by atoms with Crippen molar-refractivity contribution in [2.75, 3.05) is 0 Å². The molecule has 0 aliphatic heterocycles. The molecule has 0 unspecified atom stereocenters. The molecule has 0 N–H and O–H groups in total. The van der Waals surface area contributed by atoms with Gasteiger partial charge in [0.15, 0.2) is 0 Å². The SMILES string of the molecule is CCc1nc2cc(-c3ccc(-c4ccc5ccccc5c4)cc3)cc3c4ccccc4n1c23. The molecule has 0 atom stereocenters. The van der Waals surface area contributed by atoms with Crippen LogP contribution in [0.15, 0.2) is 103 Å². The molecule has 0 spiro atoms. The van der Waals surface area contributed by atoms with Gasteiger partial charge in [0, 0.05) is 17.2 Å². The van der Waals surface area contributed by atoms with Gasteiger partial charge in [-0.3, -0.25) is 4.40 Å². The first-order valence-electron chi connectivity index (χ1n) is 11.5. The molecule has 33 heavy (non-hydrogen) atoms. The molecule has 2 heteroatoms. The van der Waals surface area contributed by atoms with Gasteiger partial charge in [0.2, 0.25) is 0 Å². The van der Waals surface area contributed by atoms with Crippen LogP contribution >= 0.6 is 0 Å². The lowest BCUT2D eigenvalue weighted by molar-refractivity contribution is 0.961. The third-order valence-electron chi connectivity index (χ3n) is 6.87. The Morgan fingerprint density at radius 3 is 2.12 bits per heavy atom. The molecule has 0 saturated heterocycles. The zero-order chi connectivity index (χ0) is 21.9. The Morgan fingerprint density at radius 1 is 0.606 bits per heavy atom. The number of rotatable bonds is 3. The molecule has 7 aromatic rings. The summed E-state index contributed by atoms with van der Waals surface area (Å²) >= 11 is 0. The van der Waals surface area contributed by atoms with Gasteiger partial charge in [-0.25, -0.2) is 4.98 Å². The summed E-state index contributed by atoms with van der Waals surface area (Å²) in [5, 5.41) is 5.12. The van der Waals surface area contributed by atoms with Crippen LogP contribution in [0, 0.1) is 0 Å². The Hall–Kier alpha value is -4.17. The van der Waals surface area contributed by atoms with E-state index in [0.29, 0.717) is 0 Å². The van der Waals surface area contributed by atoms with Crippen LogP contribution in [-0.2, 0) is 6.42 Å². The molecule has 0 aliphatic carbocycles. The summed E-state index contributed by atoms with van der Waals surface area (Å²) in [7, 11) is 0. The van der Waals surface area contributed by atoms with Crippen LogP contribution < -0.4 is 0 Å². The Labute approximate surface area is 192 Å². The van der Waals surface area contributed by atoms with Crippen molar-refractivity contribution in [3.63, 3.8) is 0 Å². The van der Waals surface area contributed by atoms with Crippen molar-refractivity contribution in [2.24, 2.45) is 0 Å². The summed E-state index contributed by atoms with van der Waals surface area (Å²) < 4.78 is 2.34. The molecule has 2 nitrogen and oxygen atoms in total. The number of para-hydroxylation sites is 1. The van der Waals surface area contributed by atoms with E-state index in [1.165, 1.54) is 54.8 Å². The summed E-state index contributed by atoms with van der Waals surface area (Å²) in [5.74, 6) is 1.13. The Bertz CT molecular complexity index is 1790. The van der Waals surface area contributed by atoms with E-state index in [4.69, 9.17) is 4.98 Å². The van der Waals surface area contributed by atoms with Gasteiger partial charge in [0.05, 0.1) is 16.6 Å². The Morgan fingerprint density at radius 2 is 1.30 bits per heavy atom. The maximum atomic E-state index is 4.98. The predicted octanol–water partition coefficient (Wildman–Crippen LogP) is 8.13. The monoisotopic (exact) mass is 422 g/mol. The lowest BCUT2D eigenvalue weighted by Gasteiger charge is -2.07. The van der Waals surface area contributed by atoms with Crippen molar-refractivity contribution in [3.8, 4) is 22.3 Å². The molecule has 156 valence electrons. The number of aryl methyl sites for hydroxylation is 1. The van der Waals surface area contributed by atoms with Crippen molar-refractivity contribution in [3.05, 3.63) is 109 Å². The second-order valence-electron chi connectivity index (χ2n) is 8.76. The summed E-state index contributed by atoms with van der Waals surface area (Å²) in [6, 6.07) is 37.4. The summed E-state index contributed by atoms with van der Waals surface area (Å²) in [6.45, 7) is 2.18. The fraction of sp³-hybridized carbons (Fsp3) is 0.0645. The highest BCUT2D eigenvalue weighted by molar-refractivity contribution is 6.15. The summed E-state index contributed by atoms with van der Waals surface area (Å²) in [4.78, 5) is 4.98. The number of benzene rings is 5. The molecule has 0 bridgehead atoms. The third kappa shape index (κ3) is 2.71. The predicted molar refractivity (Wildman–Crippen MR) is 139 cm³/mol. The summed E-state index contributed by atoms with van der Waals surface area (Å²) in [6.07, 6.45) is 0.915.